The van der Waals surface area contributed by atoms with Crippen molar-refractivity contribution in [1.82, 2.24) is 9.97 Å². The summed E-state index contributed by atoms with van der Waals surface area (Å²) in [6.45, 7) is 3.80. The Morgan fingerprint density at radius 3 is 3.07 bits per heavy atom. The molecule has 1 fully saturated rings. The molecule has 1 saturated heterocycles. The van der Waals surface area contributed by atoms with Crippen LogP contribution in [0.4, 0.5) is 5.82 Å². The average Bonchev–Trinajstić information content (AvgIpc) is 2.70. The summed E-state index contributed by atoms with van der Waals surface area (Å²) in [5.41, 5.74) is 0. The predicted octanol–water partition coefficient (Wildman–Crippen LogP) is 1.77. The summed E-state index contributed by atoms with van der Waals surface area (Å²) < 4.78 is 6.28. The summed E-state index contributed by atoms with van der Waals surface area (Å²) in [6, 6.07) is 0. The van der Waals surface area contributed by atoms with E-state index in [9.17, 15) is 0 Å². The zero-order chi connectivity index (χ0) is 10.8. The number of hydrogen-bond acceptors (Lipinski definition) is 4. The molecular weight excluding hydrogens is 258 g/mol. The van der Waals surface area contributed by atoms with Crippen LogP contribution in [0.1, 0.15) is 12.2 Å². The van der Waals surface area contributed by atoms with Gasteiger partial charge in [-0.2, -0.15) is 0 Å². The molecule has 15 heavy (non-hydrogen) atoms. The first-order valence-electron chi connectivity index (χ1n) is 4.97. The van der Waals surface area contributed by atoms with Gasteiger partial charge >= 0.3 is 0 Å². The Balaban J connectivity index is 2.19. The molecule has 0 saturated carbocycles. The molecular formula is C10H14BrN3O. The van der Waals surface area contributed by atoms with Crippen LogP contribution in [0.3, 0.4) is 0 Å². The highest BCUT2D eigenvalue weighted by molar-refractivity contribution is 9.10. The minimum Gasteiger partial charge on any atom is -0.380 e. The van der Waals surface area contributed by atoms with E-state index < -0.39 is 0 Å². The third-order valence-electron chi connectivity index (χ3n) is 2.62. The molecule has 2 rings (SSSR count). The number of aromatic nitrogens is 2. The van der Waals surface area contributed by atoms with Gasteiger partial charge in [-0.3, -0.25) is 0 Å². The summed E-state index contributed by atoms with van der Waals surface area (Å²) in [4.78, 5) is 10.8. The lowest BCUT2D eigenvalue weighted by Crippen LogP contribution is -2.23. The van der Waals surface area contributed by atoms with E-state index in [4.69, 9.17) is 4.74 Å². The summed E-state index contributed by atoms with van der Waals surface area (Å²) >= 11 is 3.47. The Hall–Kier alpha value is -0.680. The van der Waals surface area contributed by atoms with E-state index in [-0.39, 0.29) is 0 Å². The standard InChI is InChI=1S/C10H14BrN3O/c1-7-12-5-9(11)10(13-7)14-4-3-8(6-14)15-2/h5,8H,3-4,6H2,1-2H3. The van der Waals surface area contributed by atoms with Gasteiger partial charge in [0.1, 0.15) is 11.6 Å². The molecule has 0 aliphatic carbocycles. The molecule has 1 unspecified atom stereocenters. The molecule has 0 radical (unpaired) electrons. The summed E-state index contributed by atoms with van der Waals surface area (Å²) in [5.74, 6) is 1.77. The van der Waals surface area contributed by atoms with Crippen molar-refractivity contribution in [3.05, 3.63) is 16.5 Å². The maximum absolute atomic E-state index is 5.33. The van der Waals surface area contributed by atoms with Crippen LogP contribution in [0.2, 0.25) is 0 Å². The highest BCUT2D eigenvalue weighted by atomic mass is 79.9. The summed E-state index contributed by atoms with van der Waals surface area (Å²) in [6.07, 6.45) is 3.19. The van der Waals surface area contributed by atoms with E-state index in [1.165, 1.54) is 0 Å². The van der Waals surface area contributed by atoms with Crippen molar-refractivity contribution in [2.24, 2.45) is 0 Å². The van der Waals surface area contributed by atoms with Crippen molar-refractivity contribution in [2.45, 2.75) is 19.4 Å². The number of nitrogens with zero attached hydrogens (tertiary/aromatic N) is 3. The third kappa shape index (κ3) is 2.29. The van der Waals surface area contributed by atoms with Gasteiger partial charge in [0, 0.05) is 26.4 Å². The molecule has 0 bridgehead atoms. The van der Waals surface area contributed by atoms with Gasteiger partial charge in [0.2, 0.25) is 0 Å². The van der Waals surface area contributed by atoms with Crippen molar-refractivity contribution in [3.63, 3.8) is 0 Å². The molecule has 0 N–H and O–H groups in total. The predicted molar refractivity (Wildman–Crippen MR) is 62.1 cm³/mol. The smallest absolute Gasteiger partial charge is 0.146 e. The van der Waals surface area contributed by atoms with Crippen LogP contribution in [0, 0.1) is 6.92 Å². The number of aryl methyl sites for hydroxylation is 1. The van der Waals surface area contributed by atoms with E-state index in [2.05, 4.69) is 30.8 Å². The minimum absolute atomic E-state index is 0.326. The number of hydrogen-bond donors (Lipinski definition) is 0. The van der Waals surface area contributed by atoms with Gasteiger partial charge in [-0.1, -0.05) is 0 Å². The fourth-order valence-electron chi connectivity index (χ4n) is 1.78. The van der Waals surface area contributed by atoms with E-state index in [1.807, 2.05) is 6.92 Å². The van der Waals surface area contributed by atoms with Crippen LogP contribution in [0.15, 0.2) is 10.7 Å². The molecule has 0 aromatic carbocycles. The average molecular weight is 272 g/mol. The van der Waals surface area contributed by atoms with Crippen LogP contribution in [0.25, 0.3) is 0 Å². The first kappa shape index (κ1) is 10.8. The van der Waals surface area contributed by atoms with E-state index in [1.54, 1.807) is 13.3 Å². The van der Waals surface area contributed by atoms with Crippen molar-refractivity contribution < 1.29 is 4.74 Å². The minimum atomic E-state index is 0.326. The number of anilines is 1. The van der Waals surface area contributed by atoms with E-state index in [0.717, 1.165) is 35.6 Å². The lowest BCUT2D eigenvalue weighted by molar-refractivity contribution is 0.121. The molecule has 1 aromatic heterocycles. The zero-order valence-electron chi connectivity index (χ0n) is 8.90. The van der Waals surface area contributed by atoms with Gasteiger partial charge in [0.25, 0.3) is 0 Å². The maximum atomic E-state index is 5.33. The van der Waals surface area contributed by atoms with Gasteiger partial charge < -0.3 is 9.64 Å². The van der Waals surface area contributed by atoms with Crippen LogP contribution in [-0.2, 0) is 4.74 Å². The molecule has 5 heteroatoms. The van der Waals surface area contributed by atoms with Crippen LogP contribution >= 0.6 is 15.9 Å². The van der Waals surface area contributed by atoms with Crippen LogP contribution in [-0.4, -0.2) is 36.3 Å². The van der Waals surface area contributed by atoms with E-state index >= 15 is 0 Å². The summed E-state index contributed by atoms with van der Waals surface area (Å²) in [7, 11) is 1.76. The Labute approximate surface area is 97.8 Å². The van der Waals surface area contributed by atoms with Crippen LogP contribution < -0.4 is 4.90 Å². The summed E-state index contributed by atoms with van der Waals surface area (Å²) in [5, 5.41) is 0. The largest absolute Gasteiger partial charge is 0.380 e. The second kappa shape index (κ2) is 4.45. The second-order valence-corrected chi connectivity index (χ2v) is 4.54. The topological polar surface area (TPSA) is 38.2 Å². The highest BCUT2D eigenvalue weighted by Crippen LogP contribution is 2.26. The SMILES string of the molecule is COC1CCN(c2nc(C)ncc2Br)C1. The van der Waals surface area contributed by atoms with Crippen molar-refractivity contribution in [1.29, 1.82) is 0 Å². The van der Waals surface area contributed by atoms with Gasteiger partial charge in [-0.05, 0) is 29.3 Å². The Kier molecular flexibility index (Phi) is 3.21. The normalized spacial score (nSPS) is 21.0. The quantitative estimate of drug-likeness (QED) is 0.822. The first-order valence-corrected chi connectivity index (χ1v) is 5.77. The van der Waals surface area contributed by atoms with Crippen LogP contribution in [0.5, 0.6) is 0 Å². The Morgan fingerprint density at radius 2 is 2.40 bits per heavy atom. The molecule has 1 atom stereocenters. The molecule has 4 nitrogen and oxygen atoms in total. The molecule has 1 aliphatic heterocycles. The maximum Gasteiger partial charge on any atom is 0.146 e. The lowest BCUT2D eigenvalue weighted by atomic mass is 10.3. The third-order valence-corrected chi connectivity index (χ3v) is 3.18. The monoisotopic (exact) mass is 271 g/mol. The van der Waals surface area contributed by atoms with Crippen molar-refractivity contribution in [2.75, 3.05) is 25.1 Å². The second-order valence-electron chi connectivity index (χ2n) is 3.68. The van der Waals surface area contributed by atoms with Crippen molar-refractivity contribution >= 4 is 21.7 Å². The molecule has 0 amide bonds. The van der Waals surface area contributed by atoms with E-state index in [0.29, 0.717) is 6.10 Å². The van der Waals surface area contributed by atoms with Crippen molar-refractivity contribution in [3.8, 4) is 0 Å². The fourth-order valence-corrected chi connectivity index (χ4v) is 2.22. The number of methoxy groups -OCH3 is 1. The molecule has 2 heterocycles. The highest BCUT2D eigenvalue weighted by Gasteiger charge is 2.24. The van der Waals surface area contributed by atoms with Gasteiger partial charge in [0.15, 0.2) is 0 Å². The molecule has 1 aromatic rings. The number of halogens is 1. The molecule has 82 valence electrons. The Bertz CT molecular complexity index is 359. The van der Waals surface area contributed by atoms with Gasteiger partial charge in [0.05, 0.1) is 10.6 Å². The number of rotatable bonds is 2. The zero-order valence-corrected chi connectivity index (χ0v) is 10.5. The Morgan fingerprint density at radius 1 is 1.60 bits per heavy atom. The fraction of sp³-hybridized carbons (Fsp3) is 0.600. The lowest BCUT2D eigenvalue weighted by Gasteiger charge is -2.18. The van der Waals surface area contributed by atoms with Gasteiger partial charge in [-0.15, -0.1) is 0 Å². The first-order chi connectivity index (χ1) is 7.20. The number of ether oxygens (including phenoxy) is 1. The molecule has 1 aliphatic rings. The molecule has 0 spiro atoms. The van der Waals surface area contributed by atoms with Gasteiger partial charge in [-0.25, -0.2) is 9.97 Å².